The Morgan fingerprint density at radius 2 is 2.00 bits per heavy atom. The Morgan fingerprint density at radius 1 is 1.22 bits per heavy atom. The van der Waals surface area contributed by atoms with Crippen molar-refractivity contribution in [1.29, 1.82) is 0 Å². The number of hydrogen-bond donors (Lipinski definition) is 2. The van der Waals surface area contributed by atoms with E-state index in [4.69, 9.17) is 0 Å². The van der Waals surface area contributed by atoms with Crippen LogP contribution in [0.15, 0.2) is 17.5 Å². The molecule has 1 aromatic heterocycles. The van der Waals surface area contributed by atoms with Gasteiger partial charge in [-0.1, -0.05) is 6.07 Å². The van der Waals surface area contributed by atoms with Gasteiger partial charge in [0.25, 0.3) is 5.91 Å². The minimum atomic E-state index is -0.294. The van der Waals surface area contributed by atoms with Gasteiger partial charge in [0.2, 0.25) is 5.91 Å². The van der Waals surface area contributed by atoms with Crippen molar-refractivity contribution in [3.63, 3.8) is 0 Å². The van der Waals surface area contributed by atoms with E-state index in [0.29, 0.717) is 18.6 Å². The maximum absolute atomic E-state index is 12.7. The molecule has 124 valence electrons. The van der Waals surface area contributed by atoms with Crippen molar-refractivity contribution < 1.29 is 9.59 Å². The number of nitrogens with one attached hydrogen (secondary N) is 2. The van der Waals surface area contributed by atoms with Gasteiger partial charge in [-0.15, -0.1) is 11.3 Å². The van der Waals surface area contributed by atoms with Crippen molar-refractivity contribution in [2.24, 2.45) is 0 Å². The number of carbonyl (C=O) groups excluding carboxylic acids is 2. The van der Waals surface area contributed by atoms with Gasteiger partial charge in [0.05, 0.1) is 4.88 Å². The Balaban J connectivity index is 1.40. The minimum absolute atomic E-state index is 0.00281. The molecule has 2 N–H and O–H groups in total. The normalized spacial score (nSPS) is 33.0. The number of thiophene rings is 1. The molecule has 23 heavy (non-hydrogen) atoms. The first-order valence-corrected chi connectivity index (χ1v) is 9.49. The van der Waals surface area contributed by atoms with E-state index in [1.54, 1.807) is 4.90 Å². The second-order valence-corrected chi connectivity index (χ2v) is 7.90. The van der Waals surface area contributed by atoms with Crippen molar-refractivity contribution in [3.8, 4) is 0 Å². The average molecular weight is 333 g/mol. The maximum atomic E-state index is 12.7. The van der Waals surface area contributed by atoms with Crippen LogP contribution in [0.25, 0.3) is 0 Å². The maximum Gasteiger partial charge on any atom is 0.264 e. The fourth-order valence-corrected chi connectivity index (χ4v) is 4.98. The summed E-state index contributed by atoms with van der Waals surface area (Å²) in [5, 5.41) is 8.72. The molecule has 3 aliphatic heterocycles. The molecule has 0 radical (unpaired) electrons. The van der Waals surface area contributed by atoms with E-state index in [0.717, 1.165) is 30.6 Å². The summed E-state index contributed by atoms with van der Waals surface area (Å²) in [5.74, 6) is 0.0433. The van der Waals surface area contributed by atoms with Gasteiger partial charge >= 0.3 is 0 Å². The summed E-state index contributed by atoms with van der Waals surface area (Å²) in [6.07, 6.45) is 6.18. The van der Waals surface area contributed by atoms with Gasteiger partial charge < -0.3 is 15.5 Å². The molecule has 4 heterocycles. The summed E-state index contributed by atoms with van der Waals surface area (Å²) in [7, 11) is 0. The topological polar surface area (TPSA) is 61.4 Å². The molecule has 4 rings (SSSR count). The first kappa shape index (κ1) is 15.1. The highest BCUT2D eigenvalue weighted by Gasteiger charge is 2.38. The number of hydrogen-bond acceptors (Lipinski definition) is 4. The Hall–Kier alpha value is -1.40. The number of nitrogens with zero attached hydrogens (tertiary/aromatic N) is 1. The van der Waals surface area contributed by atoms with Gasteiger partial charge in [0.1, 0.15) is 6.04 Å². The van der Waals surface area contributed by atoms with Crippen LogP contribution in [0, 0.1) is 0 Å². The van der Waals surface area contributed by atoms with E-state index in [9.17, 15) is 9.59 Å². The van der Waals surface area contributed by atoms with E-state index in [-0.39, 0.29) is 23.9 Å². The molecule has 0 spiro atoms. The quantitative estimate of drug-likeness (QED) is 0.886. The fraction of sp³-hybridized carbons (Fsp3) is 0.647. The zero-order valence-electron chi connectivity index (χ0n) is 13.2. The third-order valence-electron chi connectivity index (χ3n) is 5.37. The summed E-state index contributed by atoms with van der Waals surface area (Å²) < 4.78 is 0. The summed E-state index contributed by atoms with van der Waals surface area (Å²) in [6.45, 7) is 0.687. The molecule has 3 atom stereocenters. The lowest BCUT2D eigenvalue weighted by atomic mass is 9.99. The van der Waals surface area contributed by atoms with Crippen LogP contribution in [0.4, 0.5) is 0 Å². The lowest BCUT2D eigenvalue weighted by molar-refractivity contribution is -0.125. The van der Waals surface area contributed by atoms with Gasteiger partial charge in [-0.3, -0.25) is 9.59 Å². The first-order valence-electron chi connectivity index (χ1n) is 8.61. The van der Waals surface area contributed by atoms with Crippen molar-refractivity contribution in [2.75, 3.05) is 6.54 Å². The molecular formula is C17H23N3O2S. The smallest absolute Gasteiger partial charge is 0.264 e. The van der Waals surface area contributed by atoms with E-state index in [1.807, 2.05) is 17.5 Å². The molecule has 0 aliphatic carbocycles. The predicted octanol–water partition coefficient (Wildman–Crippen LogP) is 1.75. The van der Waals surface area contributed by atoms with Crippen molar-refractivity contribution >= 4 is 23.2 Å². The molecule has 1 aromatic rings. The van der Waals surface area contributed by atoms with Crippen LogP contribution >= 0.6 is 11.3 Å². The van der Waals surface area contributed by atoms with Crippen LogP contribution in [0.1, 0.15) is 48.2 Å². The molecule has 2 amide bonds. The molecule has 5 nitrogen and oxygen atoms in total. The highest BCUT2D eigenvalue weighted by atomic mass is 32.1. The molecule has 0 aromatic carbocycles. The zero-order valence-corrected chi connectivity index (χ0v) is 14.0. The molecule has 3 fully saturated rings. The lowest BCUT2D eigenvalue weighted by Gasteiger charge is -2.32. The number of likely N-dealkylation sites (tertiary alicyclic amines) is 1. The molecular weight excluding hydrogens is 310 g/mol. The summed E-state index contributed by atoms with van der Waals surface area (Å²) in [6, 6.07) is 4.81. The predicted molar refractivity (Wildman–Crippen MR) is 89.5 cm³/mol. The minimum Gasteiger partial charge on any atom is -0.351 e. The van der Waals surface area contributed by atoms with Crippen molar-refractivity contribution in [1.82, 2.24) is 15.5 Å². The Labute approximate surface area is 140 Å². The largest absolute Gasteiger partial charge is 0.351 e. The first-order chi connectivity index (χ1) is 11.2. The van der Waals surface area contributed by atoms with Crippen molar-refractivity contribution in [2.45, 2.75) is 62.7 Å². The second-order valence-electron chi connectivity index (χ2n) is 6.95. The molecule has 3 saturated heterocycles. The highest BCUT2D eigenvalue weighted by molar-refractivity contribution is 7.12. The monoisotopic (exact) mass is 333 g/mol. The standard InChI is InChI=1S/C17H23N3O2S/c21-16(19-13-9-11-5-6-12(10-13)18-11)14-3-1-7-20(14)17(22)15-4-2-8-23-15/h2,4,8,11-14,18H,1,3,5-7,9-10H2,(H,19,21). The van der Waals surface area contributed by atoms with Crippen molar-refractivity contribution in [3.05, 3.63) is 22.4 Å². The van der Waals surface area contributed by atoms with Gasteiger partial charge in [-0.25, -0.2) is 0 Å². The molecule has 2 bridgehead atoms. The van der Waals surface area contributed by atoms with Gasteiger partial charge in [0.15, 0.2) is 0 Å². The van der Waals surface area contributed by atoms with Crippen LogP contribution in [0.5, 0.6) is 0 Å². The lowest BCUT2D eigenvalue weighted by Crippen LogP contribution is -2.53. The van der Waals surface area contributed by atoms with Gasteiger partial charge in [-0.2, -0.15) is 0 Å². The summed E-state index contributed by atoms with van der Waals surface area (Å²) in [5.41, 5.74) is 0. The van der Waals surface area contributed by atoms with Gasteiger partial charge in [0, 0.05) is 24.7 Å². The van der Waals surface area contributed by atoms with E-state index in [1.165, 1.54) is 24.2 Å². The number of fused-ring (bicyclic) bond motifs is 2. The number of piperidine rings is 1. The number of amides is 2. The number of rotatable bonds is 3. The molecule has 3 aliphatic rings. The fourth-order valence-electron chi connectivity index (χ4n) is 4.30. The molecule has 6 heteroatoms. The average Bonchev–Trinajstić information content (AvgIpc) is 3.27. The van der Waals surface area contributed by atoms with Crippen LogP contribution in [-0.4, -0.2) is 47.4 Å². The van der Waals surface area contributed by atoms with Gasteiger partial charge in [-0.05, 0) is 50.0 Å². The second kappa shape index (κ2) is 6.24. The third-order valence-corrected chi connectivity index (χ3v) is 6.23. The van der Waals surface area contributed by atoms with Crippen LogP contribution in [0.2, 0.25) is 0 Å². The Morgan fingerprint density at radius 3 is 2.70 bits per heavy atom. The van der Waals surface area contributed by atoms with Crippen LogP contribution in [0.3, 0.4) is 0 Å². The summed E-state index contributed by atoms with van der Waals surface area (Å²) in [4.78, 5) is 27.8. The zero-order chi connectivity index (χ0) is 15.8. The van der Waals surface area contributed by atoms with E-state index in [2.05, 4.69) is 10.6 Å². The van der Waals surface area contributed by atoms with E-state index < -0.39 is 0 Å². The Kier molecular flexibility index (Phi) is 4.11. The van der Waals surface area contributed by atoms with E-state index >= 15 is 0 Å². The third kappa shape index (κ3) is 3.02. The highest BCUT2D eigenvalue weighted by Crippen LogP contribution is 2.28. The molecule has 3 unspecified atom stereocenters. The number of carbonyl (C=O) groups is 2. The SMILES string of the molecule is O=C(NC1CC2CCC(C1)N2)C1CCCN1C(=O)c1cccs1. The summed E-state index contributed by atoms with van der Waals surface area (Å²) >= 11 is 1.44. The van der Waals surface area contributed by atoms with Crippen LogP contribution in [-0.2, 0) is 4.79 Å². The Bertz CT molecular complexity index is 577. The van der Waals surface area contributed by atoms with Crippen LogP contribution < -0.4 is 10.6 Å². The molecule has 0 saturated carbocycles.